The van der Waals surface area contributed by atoms with Crippen LogP contribution in [0.25, 0.3) is 0 Å². The van der Waals surface area contributed by atoms with Crippen LogP contribution in [0.3, 0.4) is 0 Å². The van der Waals surface area contributed by atoms with Gasteiger partial charge in [-0.1, -0.05) is 25.5 Å². The first-order valence-electron chi connectivity index (χ1n) is 10.3. The average molecular weight is 527 g/mol. The van der Waals surface area contributed by atoms with Crippen molar-refractivity contribution in [3.05, 3.63) is 11.6 Å². The Hall–Kier alpha value is 2.75. The second-order valence-electron chi connectivity index (χ2n) is 9.74. The van der Waals surface area contributed by atoms with Crippen LogP contribution >= 0.6 is 0 Å². The minimum Gasteiger partial charge on any atom is -0.726 e. The summed E-state index contributed by atoms with van der Waals surface area (Å²) in [5, 5.41) is 0. The molecule has 0 spiro atoms. The molecule has 0 bridgehead atoms. The fourth-order valence-corrected chi connectivity index (χ4v) is 8.23. The minimum atomic E-state index is -4.73. The molecule has 31 heavy (non-hydrogen) atoms. The Bertz CT molecular complexity index is 921. The summed E-state index contributed by atoms with van der Waals surface area (Å²) in [5.74, 6) is 1.08. The SMILES string of the molecule is C[C@]12CC[C@H]3[C@@H](CC=C4C[C@@H](OS(=O)(=O)[O-])CC[C@@]43C)[C@@H]1CC[C@@H]2OS(=O)(=O)[O-].[K+].[K+]. The van der Waals surface area contributed by atoms with Gasteiger partial charge in [-0.2, -0.15) is 0 Å². The molecule has 3 saturated carbocycles. The maximum absolute atomic E-state index is 11.2. The smallest absolute Gasteiger partial charge is 0.726 e. The molecule has 0 aromatic carbocycles. The Balaban J connectivity index is 0.00000171. The van der Waals surface area contributed by atoms with Crippen molar-refractivity contribution < 1.29 is 137 Å². The molecule has 0 N–H and O–H groups in total. The van der Waals surface area contributed by atoms with Crippen LogP contribution in [0.1, 0.15) is 65.2 Å². The Labute approximate surface area is 270 Å². The molecule has 7 atom stereocenters. The van der Waals surface area contributed by atoms with Crippen molar-refractivity contribution in [1.82, 2.24) is 0 Å². The molecular formula is C19H28K2O8S2. The van der Waals surface area contributed by atoms with E-state index in [2.05, 4.69) is 19.9 Å². The van der Waals surface area contributed by atoms with Crippen molar-refractivity contribution in [2.24, 2.45) is 28.6 Å². The average Bonchev–Trinajstić information content (AvgIpc) is 2.89. The first-order valence-corrected chi connectivity index (χ1v) is 13.0. The van der Waals surface area contributed by atoms with Crippen LogP contribution in [0.15, 0.2) is 11.6 Å². The first kappa shape index (κ1) is 30.0. The summed E-state index contributed by atoms with van der Waals surface area (Å²) in [6, 6.07) is 0. The molecule has 4 aliphatic rings. The maximum atomic E-state index is 11.2. The molecule has 0 aromatic rings. The second kappa shape index (κ2) is 10.6. The van der Waals surface area contributed by atoms with Crippen molar-refractivity contribution in [2.75, 3.05) is 0 Å². The van der Waals surface area contributed by atoms with E-state index in [0.717, 1.165) is 32.1 Å². The van der Waals surface area contributed by atoms with Crippen LogP contribution < -0.4 is 103 Å². The van der Waals surface area contributed by atoms with Gasteiger partial charge in [-0.05, 0) is 80.0 Å². The molecule has 0 aromatic heterocycles. The number of rotatable bonds is 4. The van der Waals surface area contributed by atoms with Crippen molar-refractivity contribution in [3.63, 3.8) is 0 Å². The quantitative estimate of drug-likeness (QED) is 0.161. The molecule has 0 radical (unpaired) electrons. The Morgan fingerprint density at radius 2 is 1.55 bits per heavy atom. The van der Waals surface area contributed by atoms with Crippen molar-refractivity contribution in [1.29, 1.82) is 0 Å². The fraction of sp³-hybridized carbons (Fsp3) is 0.895. The molecule has 0 heterocycles. The van der Waals surface area contributed by atoms with Crippen LogP contribution in [0.2, 0.25) is 0 Å². The van der Waals surface area contributed by atoms with E-state index in [4.69, 9.17) is 8.37 Å². The molecule has 4 aliphatic carbocycles. The number of hydrogen-bond donors (Lipinski definition) is 0. The molecule has 8 nitrogen and oxygen atoms in total. The normalized spacial score (nSPS) is 42.2. The molecule has 166 valence electrons. The van der Waals surface area contributed by atoms with E-state index >= 15 is 0 Å². The summed E-state index contributed by atoms with van der Waals surface area (Å²) in [6.45, 7) is 4.29. The van der Waals surface area contributed by atoms with Gasteiger partial charge in [0.05, 0.1) is 12.2 Å². The van der Waals surface area contributed by atoms with Gasteiger partial charge in [0.25, 0.3) is 0 Å². The van der Waals surface area contributed by atoms with Gasteiger partial charge >= 0.3 is 103 Å². The molecule has 12 heteroatoms. The van der Waals surface area contributed by atoms with E-state index in [1.54, 1.807) is 0 Å². The van der Waals surface area contributed by atoms with E-state index in [1.807, 2.05) is 0 Å². The van der Waals surface area contributed by atoms with Gasteiger partial charge in [-0.15, -0.1) is 0 Å². The monoisotopic (exact) mass is 526 g/mol. The molecular weight excluding hydrogens is 499 g/mol. The van der Waals surface area contributed by atoms with Crippen LogP contribution in [0.5, 0.6) is 0 Å². The fourth-order valence-electron chi connectivity index (χ4n) is 7.13. The number of allylic oxidation sites excluding steroid dienone is 1. The van der Waals surface area contributed by atoms with E-state index in [-0.39, 0.29) is 114 Å². The molecule has 0 unspecified atom stereocenters. The van der Waals surface area contributed by atoms with Gasteiger partial charge in [0.1, 0.15) is 0 Å². The van der Waals surface area contributed by atoms with Crippen LogP contribution in [0.4, 0.5) is 0 Å². The van der Waals surface area contributed by atoms with E-state index in [0.29, 0.717) is 37.0 Å². The van der Waals surface area contributed by atoms with E-state index in [9.17, 15) is 25.9 Å². The third-order valence-electron chi connectivity index (χ3n) is 8.46. The van der Waals surface area contributed by atoms with Crippen LogP contribution in [-0.2, 0) is 29.2 Å². The predicted octanol–water partition coefficient (Wildman–Crippen LogP) is -3.35. The number of hydrogen-bond acceptors (Lipinski definition) is 8. The third-order valence-corrected chi connectivity index (χ3v) is 9.44. The second-order valence-corrected chi connectivity index (χ2v) is 11.8. The Kier molecular flexibility index (Phi) is 10.3. The number of fused-ring (bicyclic) bond motifs is 5. The zero-order chi connectivity index (χ0) is 21.2. The summed E-state index contributed by atoms with van der Waals surface area (Å²) in [6.07, 6.45) is 6.76. The molecule has 3 fully saturated rings. The molecule has 0 aliphatic heterocycles. The van der Waals surface area contributed by atoms with Gasteiger partial charge < -0.3 is 9.11 Å². The zero-order valence-corrected chi connectivity index (χ0v) is 26.6. The Morgan fingerprint density at radius 1 is 0.903 bits per heavy atom. The van der Waals surface area contributed by atoms with E-state index < -0.39 is 33.0 Å². The van der Waals surface area contributed by atoms with Crippen molar-refractivity contribution in [3.8, 4) is 0 Å². The Morgan fingerprint density at radius 3 is 2.16 bits per heavy atom. The van der Waals surface area contributed by atoms with Crippen molar-refractivity contribution >= 4 is 20.8 Å². The van der Waals surface area contributed by atoms with Gasteiger partial charge in [0, 0.05) is 0 Å². The first-order chi connectivity index (χ1) is 13.3. The van der Waals surface area contributed by atoms with Gasteiger partial charge in [-0.3, -0.25) is 8.37 Å². The van der Waals surface area contributed by atoms with Gasteiger partial charge in [0.15, 0.2) is 0 Å². The van der Waals surface area contributed by atoms with Gasteiger partial charge in [0.2, 0.25) is 20.8 Å². The van der Waals surface area contributed by atoms with Crippen LogP contribution in [0, 0.1) is 28.6 Å². The summed E-state index contributed by atoms with van der Waals surface area (Å²) in [7, 11) is -9.44. The van der Waals surface area contributed by atoms with E-state index in [1.165, 1.54) is 5.57 Å². The topological polar surface area (TPSA) is 133 Å². The molecule has 0 saturated heterocycles. The van der Waals surface area contributed by atoms with Crippen LogP contribution in [-0.4, -0.2) is 38.1 Å². The minimum absolute atomic E-state index is 0. The zero-order valence-electron chi connectivity index (χ0n) is 18.7. The molecule has 0 amide bonds. The summed E-state index contributed by atoms with van der Waals surface area (Å²) in [4.78, 5) is 0. The molecule has 4 rings (SSSR count). The van der Waals surface area contributed by atoms with Gasteiger partial charge in [-0.25, -0.2) is 16.8 Å². The summed E-state index contributed by atoms with van der Waals surface area (Å²) >= 11 is 0. The van der Waals surface area contributed by atoms with Crippen molar-refractivity contribution in [2.45, 2.75) is 77.4 Å². The summed E-state index contributed by atoms with van der Waals surface area (Å²) in [5.41, 5.74) is 0.785. The maximum Gasteiger partial charge on any atom is 1.00 e. The third kappa shape index (κ3) is 6.19. The standard InChI is InChI=1S/C19H30O8S2.2K/c1-18-9-7-13(26-28(20,21)22)11-12(18)3-4-14-15-5-6-17(27-29(23,24)25)19(15,2)10-8-16(14)18;;/h3,13-17H,4-11H2,1-2H3,(H,20,21,22)(H,23,24,25);;/q;2*+1/p-2/t13-,14-,15-,16-,17-,18-,19-;;/m0../s1. The largest absolute Gasteiger partial charge is 1.00 e. The summed E-state index contributed by atoms with van der Waals surface area (Å²) < 4.78 is 76.2. The predicted molar refractivity (Wildman–Crippen MR) is 101 cm³/mol.